The number of nitrogens with two attached hydrogens (primary N) is 1. The number of hydrogen-bond acceptors (Lipinski definition) is 8. The first-order valence-corrected chi connectivity index (χ1v) is 7.69. The van der Waals surface area contributed by atoms with Crippen LogP contribution in [0.5, 0.6) is 0 Å². The van der Waals surface area contributed by atoms with E-state index in [1.807, 2.05) is 24.3 Å². The van der Waals surface area contributed by atoms with Crippen molar-refractivity contribution in [3.63, 3.8) is 0 Å². The van der Waals surface area contributed by atoms with Crippen LogP contribution in [0.3, 0.4) is 0 Å². The summed E-state index contributed by atoms with van der Waals surface area (Å²) >= 11 is 1.42. The Morgan fingerprint density at radius 1 is 1.05 bits per heavy atom. The smallest absolute Gasteiger partial charge is 0.223 e. The molecule has 0 aliphatic rings. The highest BCUT2D eigenvalue weighted by atomic mass is 32.1. The molecule has 0 amide bonds. The lowest BCUT2D eigenvalue weighted by molar-refractivity contribution is 0.830. The standard InChI is InChI=1S/C14H15N7S/c15-13-21-20-12(22-13)5-3-8-17-14-18-9-6-11(19-14)10-4-1-2-7-16-10/h1-2,4,6-7,9H,3,5,8H2,(H2,15,21)(H,17,18,19). The quantitative estimate of drug-likeness (QED) is 0.671. The van der Waals surface area contributed by atoms with Gasteiger partial charge in [-0.05, 0) is 24.6 Å². The predicted molar refractivity (Wildman–Crippen MR) is 86.4 cm³/mol. The number of anilines is 2. The van der Waals surface area contributed by atoms with Gasteiger partial charge in [0.05, 0.1) is 11.4 Å². The average Bonchev–Trinajstić information content (AvgIpc) is 2.98. The van der Waals surface area contributed by atoms with E-state index in [1.54, 1.807) is 12.4 Å². The number of pyridine rings is 1. The Hall–Kier alpha value is -2.61. The van der Waals surface area contributed by atoms with E-state index < -0.39 is 0 Å². The van der Waals surface area contributed by atoms with Crippen molar-refractivity contribution in [1.82, 2.24) is 25.1 Å². The zero-order valence-corrected chi connectivity index (χ0v) is 12.6. The van der Waals surface area contributed by atoms with Crippen LogP contribution in [-0.4, -0.2) is 31.7 Å². The molecule has 0 unspecified atom stereocenters. The molecule has 0 radical (unpaired) electrons. The van der Waals surface area contributed by atoms with Crippen LogP contribution in [0, 0.1) is 0 Å². The number of rotatable bonds is 6. The van der Waals surface area contributed by atoms with E-state index in [0.717, 1.165) is 35.8 Å². The van der Waals surface area contributed by atoms with Crippen LogP contribution in [0.4, 0.5) is 11.1 Å². The van der Waals surface area contributed by atoms with Crippen molar-refractivity contribution in [2.45, 2.75) is 12.8 Å². The lowest BCUT2D eigenvalue weighted by Gasteiger charge is -2.05. The Kier molecular flexibility index (Phi) is 4.50. The summed E-state index contributed by atoms with van der Waals surface area (Å²) in [5.74, 6) is 0.597. The van der Waals surface area contributed by atoms with Gasteiger partial charge in [-0.3, -0.25) is 4.98 Å². The molecule has 0 fully saturated rings. The zero-order valence-electron chi connectivity index (χ0n) is 11.8. The molecule has 3 rings (SSSR count). The van der Waals surface area contributed by atoms with Gasteiger partial charge >= 0.3 is 0 Å². The van der Waals surface area contributed by atoms with Gasteiger partial charge in [-0.25, -0.2) is 9.97 Å². The van der Waals surface area contributed by atoms with Gasteiger partial charge in [0, 0.05) is 25.4 Å². The molecule has 22 heavy (non-hydrogen) atoms. The number of nitrogens with zero attached hydrogens (tertiary/aromatic N) is 5. The molecule has 0 bridgehead atoms. The minimum absolute atomic E-state index is 0.509. The van der Waals surface area contributed by atoms with Crippen LogP contribution in [0.2, 0.25) is 0 Å². The third kappa shape index (κ3) is 3.73. The third-order valence-electron chi connectivity index (χ3n) is 2.92. The normalized spacial score (nSPS) is 10.5. The first-order valence-electron chi connectivity index (χ1n) is 6.87. The molecule has 0 saturated carbocycles. The van der Waals surface area contributed by atoms with E-state index in [-0.39, 0.29) is 0 Å². The Bertz CT molecular complexity index is 729. The highest BCUT2D eigenvalue weighted by molar-refractivity contribution is 7.15. The molecule has 0 spiro atoms. The second kappa shape index (κ2) is 6.90. The van der Waals surface area contributed by atoms with Crippen molar-refractivity contribution < 1.29 is 0 Å². The Labute approximate surface area is 131 Å². The summed E-state index contributed by atoms with van der Waals surface area (Å²) in [4.78, 5) is 13.0. The molecule has 7 nitrogen and oxygen atoms in total. The van der Waals surface area contributed by atoms with Crippen LogP contribution in [0.25, 0.3) is 11.4 Å². The fourth-order valence-corrected chi connectivity index (χ4v) is 2.56. The van der Waals surface area contributed by atoms with E-state index in [9.17, 15) is 0 Å². The van der Waals surface area contributed by atoms with Gasteiger partial charge in [-0.1, -0.05) is 17.4 Å². The van der Waals surface area contributed by atoms with Crippen LogP contribution in [-0.2, 0) is 6.42 Å². The first kappa shape index (κ1) is 14.3. The molecule has 3 aromatic rings. The van der Waals surface area contributed by atoms with Crippen LogP contribution < -0.4 is 11.1 Å². The number of nitrogens with one attached hydrogen (secondary N) is 1. The molecular weight excluding hydrogens is 298 g/mol. The summed E-state index contributed by atoms with van der Waals surface area (Å²) in [6.07, 6.45) is 5.22. The lowest BCUT2D eigenvalue weighted by Crippen LogP contribution is -2.06. The summed E-state index contributed by atoms with van der Waals surface area (Å²) in [7, 11) is 0. The highest BCUT2D eigenvalue weighted by Crippen LogP contribution is 2.15. The van der Waals surface area contributed by atoms with Crippen molar-refractivity contribution in [3.05, 3.63) is 41.7 Å². The molecule has 112 valence electrons. The maximum atomic E-state index is 5.55. The molecule has 3 N–H and O–H groups in total. The molecule has 8 heteroatoms. The van der Waals surface area contributed by atoms with Crippen molar-refractivity contribution in [2.24, 2.45) is 0 Å². The van der Waals surface area contributed by atoms with Crippen LogP contribution in [0.15, 0.2) is 36.7 Å². The molecule has 0 aliphatic heterocycles. The Morgan fingerprint density at radius 2 is 2.00 bits per heavy atom. The molecular formula is C14H15N7S. The fraction of sp³-hybridized carbons (Fsp3) is 0.214. The van der Waals surface area contributed by atoms with E-state index >= 15 is 0 Å². The third-order valence-corrected chi connectivity index (χ3v) is 3.73. The summed E-state index contributed by atoms with van der Waals surface area (Å²) in [6, 6.07) is 7.58. The van der Waals surface area contributed by atoms with Gasteiger partial charge in [-0.2, -0.15) is 0 Å². The van der Waals surface area contributed by atoms with E-state index in [0.29, 0.717) is 11.1 Å². The van der Waals surface area contributed by atoms with Crippen molar-refractivity contribution in [2.75, 3.05) is 17.6 Å². The van der Waals surface area contributed by atoms with Crippen molar-refractivity contribution in [3.8, 4) is 11.4 Å². The van der Waals surface area contributed by atoms with Gasteiger partial charge in [0.15, 0.2) is 0 Å². The second-order valence-corrected chi connectivity index (χ2v) is 5.64. The maximum Gasteiger partial charge on any atom is 0.223 e. The lowest BCUT2D eigenvalue weighted by atomic mass is 10.2. The van der Waals surface area contributed by atoms with E-state index in [4.69, 9.17) is 5.73 Å². The molecule has 3 aromatic heterocycles. The SMILES string of the molecule is Nc1nnc(CCCNc2nccc(-c3ccccn3)n2)s1. The first-order chi connectivity index (χ1) is 10.8. The number of nitrogen functional groups attached to an aromatic ring is 1. The van der Waals surface area contributed by atoms with Crippen molar-refractivity contribution >= 4 is 22.4 Å². The van der Waals surface area contributed by atoms with Gasteiger partial charge in [0.25, 0.3) is 0 Å². The maximum absolute atomic E-state index is 5.55. The Balaban J connectivity index is 1.55. The van der Waals surface area contributed by atoms with Gasteiger partial charge in [-0.15, -0.1) is 10.2 Å². The zero-order chi connectivity index (χ0) is 15.2. The van der Waals surface area contributed by atoms with Crippen molar-refractivity contribution in [1.29, 1.82) is 0 Å². The minimum Gasteiger partial charge on any atom is -0.374 e. The summed E-state index contributed by atoms with van der Waals surface area (Å²) in [5.41, 5.74) is 7.18. The van der Waals surface area contributed by atoms with Gasteiger partial charge in [0.1, 0.15) is 5.01 Å². The molecule has 0 aliphatic carbocycles. The van der Waals surface area contributed by atoms with Crippen LogP contribution in [0.1, 0.15) is 11.4 Å². The number of aromatic nitrogens is 5. The largest absolute Gasteiger partial charge is 0.374 e. The fourth-order valence-electron chi connectivity index (χ4n) is 1.91. The second-order valence-electron chi connectivity index (χ2n) is 4.54. The van der Waals surface area contributed by atoms with Crippen LogP contribution >= 0.6 is 11.3 Å². The molecule has 3 heterocycles. The average molecular weight is 313 g/mol. The minimum atomic E-state index is 0.509. The predicted octanol–water partition coefficient (Wildman–Crippen LogP) is 2.02. The summed E-state index contributed by atoms with van der Waals surface area (Å²) in [5, 5.41) is 12.4. The summed E-state index contributed by atoms with van der Waals surface area (Å²) < 4.78 is 0. The summed E-state index contributed by atoms with van der Waals surface area (Å²) in [6.45, 7) is 0.755. The molecule has 0 atom stereocenters. The number of hydrogen-bond donors (Lipinski definition) is 2. The van der Waals surface area contributed by atoms with Gasteiger partial charge in [0.2, 0.25) is 11.1 Å². The van der Waals surface area contributed by atoms with E-state index in [1.165, 1.54) is 11.3 Å². The molecule has 0 saturated heterocycles. The number of aryl methyl sites for hydroxylation is 1. The highest BCUT2D eigenvalue weighted by Gasteiger charge is 2.04. The molecule has 0 aromatic carbocycles. The Morgan fingerprint density at radius 3 is 2.77 bits per heavy atom. The monoisotopic (exact) mass is 313 g/mol. The van der Waals surface area contributed by atoms with Gasteiger partial charge < -0.3 is 11.1 Å². The topological polar surface area (TPSA) is 102 Å². The van der Waals surface area contributed by atoms with E-state index in [2.05, 4.69) is 30.5 Å².